The van der Waals surface area contributed by atoms with Crippen molar-refractivity contribution in [2.45, 2.75) is 52.6 Å². The number of rotatable bonds is 4. The first-order valence-electron chi connectivity index (χ1n) is 7.42. The van der Waals surface area contributed by atoms with Crippen molar-refractivity contribution in [2.75, 3.05) is 0 Å². The Bertz CT molecular complexity index is 336. The van der Waals surface area contributed by atoms with Crippen LogP contribution in [0, 0.1) is 17.8 Å². The van der Waals surface area contributed by atoms with Gasteiger partial charge in [0.15, 0.2) is 0 Å². The predicted molar refractivity (Wildman–Crippen MR) is 78.4 cm³/mol. The average Bonchev–Trinajstić information content (AvgIpc) is 2.36. The summed E-state index contributed by atoms with van der Waals surface area (Å²) in [5, 5.41) is 3.71. The summed E-state index contributed by atoms with van der Waals surface area (Å²) in [6.07, 6.45) is 4.21. The molecule has 1 N–H and O–H groups in total. The van der Waals surface area contributed by atoms with Gasteiger partial charge in [0.05, 0.1) is 0 Å². The molecule has 3 atom stereocenters. The standard InChI is InChI=1S/C17H27N/c1-13-9-14(2)11-17(10-13)15(3)18-12-16-7-5-4-6-8-16/h4-8,13-15,17-18H,9-12H2,1-3H3/t13-,14-,15+/m1/s1. The molecule has 0 bridgehead atoms. The minimum absolute atomic E-state index is 0.635. The van der Waals surface area contributed by atoms with Crippen LogP contribution >= 0.6 is 0 Å². The molecule has 0 aromatic heterocycles. The highest BCUT2D eigenvalue weighted by molar-refractivity contribution is 5.14. The molecule has 1 aromatic carbocycles. The van der Waals surface area contributed by atoms with E-state index in [2.05, 4.69) is 56.4 Å². The lowest BCUT2D eigenvalue weighted by Gasteiger charge is -2.35. The number of hydrogen-bond acceptors (Lipinski definition) is 1. The molecule has 1 aromatic rings. The Morgan fingerprint density at radius 2 is 1.67 bits per heavy atom. The van der Waals surface area contributed by atoms with Crippen LogP contribution in [0.15, 0.2) is 30.3 Å². The summed E-state index contributed by atoms with van der Waals surface area (Å²) in [7, 11) is 0. The minimum Gasteiger partial charge on any atom is -0.310 e. The monoisotopic (exact) mass is 245 g/mol. The molecule has 1 nitrogen and oxygen atoms in total. The van der Waals surface area contributed by atoms with E-state index in [4.69, 9.17) is 0 Å². The van der Waals surface area contributed by atoms with Crippen LogP contribution in [0.2, 0.25) is 0 Å². The second-order valence-corrected chi connectivity index (χ2v) is 6.33. The maximum atomic E-state index is 3.71. The lowest BCUT2D eigenvalue weighted by atomic mass is 9.74. The van der Waals surface area contributed by atoms with Gasteiger partial charge in [-0.25, -0.2) is 0 Å². The SMILES string of the molecule is C[C@H]1CC([C@H](C)NCc2ccccc2)C[C@H](C)C1. The van der Waals surface area contributed by atoms with Gasteiger partial charge >= 0.3 is 0 Å². The van der Waals surface area contributed by atoms with Crippen molar-refractivity contribution in [1.82, 2.24) is 5.32 Å². The smallest absolute Gasteiger partial charge is 0.0208 e. The molecule has 2 rings (SSSR count). The molecule has 0 amide bonds. The van der Waals surface area contributed by atoms with Crippen LogP contribution in [0.5, 0.6) is 0 Å². The van der Waals surface area contributed by atoms with Crippen molar-refractivity contribution >= 4 is 0 Å². The van der Waals surface area contributed by atoms with Crippen LogP contribution in [-0.4, -0.2) is 6.04 Å². The zero-order chi connectivity index (χ0) is 13.0. The van der Waals surface area contributed by atoms with Gasteiger partial charge in [-0.05, 0) is 49.5 Å². The average molecular weight is 245 g/mol. The second-order valence-electron chi connectivity index (χ2n) is 6.33. The molecule has 0 radical (unpaired) electrons. The number of hydrogen-bond donors (Lipinski definition) is 1. The fourth-order valence-electron chi connectivity index (χ4n) is 3.46. The van der Waals surface area contributed by atoms with E-state index in [0.717, 1.165) is 24.3 Å². The van der Waals surface area contributed by atoms with E-state index < -0.39 is 0 Å². The zero-order valence-corrected chi connectivity index (χ0v) is 12.0. The van der Waals surface area contributed by atoms with Gasteiger partial charge in [-0.15, -0.1) is 0 Å². The van der Waals surface area contributed by atoms with Gasteiger partial charge in [-0.2, -0.15) is 0 Å². The van der Waals surface area contributed by atoms with Crippen LogP contribution < -0.4 is 5.32 Å². The topological polar surface area (TPSA) is 12.0 Å². The lowest BCUT2D eigenvalue weighted by Crippen LogP contribution is -2.37. The Hall–Kier alpha value is -0.820. The Labute approximate surface area is 112 Å². The third-order valence-electron chi connectivity index (χ3n) is 4.39. The molecule has 0 heterocycles. The first-order chi connectivity index (χ1) is 8.65. The predicted octanol–water partition coefficient (Wildman–Crippen LogP) is 4.24. The molecule has 1 heteroatoms. The van der Waals surface area contributed by atoms with E-state index in [1.807, 2.05) is 0 Å². The van der Waals surface area contributed by atoms with E-state index in [1.54, 1.807) is 0 Å². The van der Waals surface area contributed by atoms with E-state index in [1.165, 1.54) is 24.8 Å². The van der Waals surface area contributed by atoms with Crippen molar-refractivity contribution in [1.29, 1.82) is 0 Å². The normalized spacial score (nSPS) is 30.1. The fourth-order valence-corrected chi connectivity index (χ4v) is 3.46. The van der Waals surface area contributed by atoms with Crippen molar-refractivity contribution in [3.8, 4) is 0 Å². The molecular weight excluding hydrogens is 218 g/mol. The molecule has 1 saturated carbocycles. The van der Waals surface area contributed by atoms with Gasteiger partial charge in [-0.1, -0.05) is 44.2 Å². The summed E-state index contributed by atoms with van der Waals surface area (Å²) in [6.45, 7) is 8.18. The van der Waals surface area contributed by atoms with Crippen LogP contribution in [0.4, 0.5) is 0 Å². The van der Waals surface area contributed by atoms with Crippen LogP contribution in [0.1, 0.15) is 45.6 Å². The fraction of sp³-hybridized carbons (Fsp3) is 0.647. The van der Waals surface area contributed by atoms with E-state index in [-0.39, 0.29) is 0 Å². The van der Waals surface area contributed by atoms with Gasteiger partial charge in [0, 0.05) is 12.6 Å². The van der Waals surface area contributed by atoms with E-state index >= 15 is 0 Å². The highest BCUT2D eigenvalue weighted by Crippen LogP contribution is 2.34. The molecule has 18 heavy (non-hydrogen) atoms. The largest absolute Gasteiger partial charge is 0.310 e. The lowest BCUT2D eigenvalue weighted by molar-refractivity contribution is 0.182. The second kappa shape index (κ2) is 6.38. The maximum absolute atomic E-state index is 3.71. The van der Waals surface area contributed by atoms with Crippen LogP contribution in [0.25, 0.3) is 0 Å². The quantitative estimate of drug-likeness (QED) is 0.836. The van der Waals surface area contributed by atoms with E-state index in [9.17, 15) is 0 Å². The van der Waals surface area contributed by atoms with Crippen LogP contribution in [-0.2, 0) is 6.54 Å². The Kier molecular flexibility index (Phi) is 4.82. The summed E-state index contributed by atoms with van der Waals surface area (Å²) in [5.74, 6) is 2.66. The van der Waals surface area contributed by atoms with Gasteiger partial charge < -0.3 is 5.32 Å². The van der Waals surface area contributed by atoms with Crippen molar-refractivity contribution in [3.63, 3.8) is 0 Å². The van der Waals surface area contributed by atoms with Gasteiger partial charge in [-0.3, -0.25) is 0 Å². The van der Waals surface area contributed by atoms with E-state index in [0.29, 0.717) is 6.04 Å². The molecule has 1 fully saturated rings. The molecule has 0 unspecified atom stereocenters. The summed E-state index contributed by atoms with van der Waals surface area (Å²) in [5.41, 5.74) is 1.39. The summed E-state index contributed by atoms with van der Waals surface area (Å²) >= 11 is 0. The first-order valence-corrected chi connectivity index (χ1v) is 7.42. The molecule has 0 spiro atoms. The number of nitrogens with one attached hydrogen (secondary N) is 1. The van der Waals surface area contributed by atoms with Gasteiger partial charge in [0.1, 0.15) is 0 Å². The summed E-state index contributed by atoms with van der Waals surface area (Å²) < 4.78 is 0. The Morgan fingerprint density at radius 3 is 2.28 bits per heavy atom. The van der Waals surface area contributed by atoms with Gasteiger partial charge in [0.2, 0.25) is 0 Å². The first kappa shape index (κ1) is 13.6. The molecular formula is C17H27N. The maximum Gasteiger partial charge on any atom is 0.0208 e. The highest BCUT2D eigenvalue weighted by Gasteiger charge is 2.27. The van der Waals surface area contributed by atoms with Crippen molar-refractivity contribution < 1.29 is 0 Å². The Balaban J connectivity index is 1.82. The van der Waals surface area contributed by atoms with Crippen LogP contribution in [0.3, 0.4) is 0 Å². The summed E-state index contributed by atoms with van der Waals surface area (Å²) in [6, 6.07) is 11.4. The summed E-state index contributed by atoms with van der Waals surface area (Å²) in [4.78, 5) is 0. The molecule has 1 aliphatic carbocycles. The highest BCUT2D eigenvalue weighted by atomic mass is 14.9. The zero-order valence-electron chi connectivity index (χ0n) is 12.0. The third kappa shape index (κ3) is 3.84. The molecule has 0 saturated heterocycles. The third-order valence-corrected chi connectivity index (χ3v) is 4.39. The van der Waals surface area contributed by atoms with Crippen molar-refractivity contribution in [3.05, 3.63) is 35.9 Å². The molecule has 1 aliphatic rings. The minimum atomic E-state index is 0.635. The molecule has 0 aliphatic heterocycles. The number of benzene rings is 1. The Morgan fingerprint density at radius 1 is 1.06 bits per heavy atom. The molecule has 100 valence electrons. The van der Waals surface area contributed by atoms with Crippen molar-refractivity contribution in [2.24, 2.45) is 17.8 Å². The van der Waals surface area contributed by atoms with Gasteiger partial charge in [0.25, 0.3) is 0 Å².